The third kappa shape index (κ3) is 5.44. The van der Waals surface area contributed by atoms with Crippen LogP contribution in [0.25, 0.3) is 0 Å². The number of aryl methyl sites for hydroxylation is 1. The van der Waals surface area contributed by atoms with Gasteiger partial charge in [-0.1, -0.05) is 12.1 Å². The molecule has 25 heavy (non-hydrogen) atoms. The van der Waals surface area contributed by atoms with Crippen molar-refractivity contribution in [2.24, 2.45) is 5.92 Å². The van der Waals surface area contributed by atoms with E-state index < -0.39 is 0 Å². The molecule has 2 saturated heterocycles. The highest BCUT2D eigenvalue weighted by Gasteiger charge is 2.22. The molecule has 0 aliphatic carbocycles. The van der Waals surface area contributed by atoms with Gasteiger partial charge in [-0.3, -0.25) is 4.90 Å². The van der Waals surface area contributed by atoms with E-state index in [1.165, 1.54) is 19.4 Å². The van der Waals surface area contributed by atoms with Crippen molar-refractivity contribution in [2.75, 3.05) is 52.4 Å². The van der Waals surface area contributed by atoms with Crippen molar-refractivity contribution in [1.82, 2.24) is 25.2 Å². The first-order chi connectivity index (χ1) is 12.1. The van der Waals surface area contributed by atoms with Gasteiger partial charge in [-0.2, -0.15) is 0 Å². The van der Waals surface area contributed by atoms with Crippen LogP contribution in [-0.2, 0) is 6.54 Å². The lowest BCUT2D eigenvalue weighted by Crippen LogP contribution is -2.52. The van der Waals surface area contributed by atoms with Gasteiger partial charge in [0.2, 0.25) is 0 Å². The summed E-state index contributed by atoms with van der Waals surface area (Å²) in [5.41, 5.74) is 0.913. The molecule has 2 aliphatic rings. The topological polar surface area (TPSA) is 64.8 Å². The van der Waals surface area contributed by atoms with E-state index >= 15 is 0 Å². The predicted molar refractivity (Wildman–Crippen MR) is 96.3 cm³/mol. The maximum Gasteiger partial charge on any atom is 0.317 e. The Labute approximate surface area is 150 Å². The maximum absolute atomic E-state index is 12.3. The predicted octanol–water partition coefficient (Wildman–Crippen LogP) is 1.54. The van der Waals surface area contributed by atoms with Gasteiger partial charge in [0, 0.05) is 51.9 Å². The maximum atomic E-state index is 12.3. The molecule has 0 spiro atoms. The lowest BCUT2D eigenvalue weighted by atomic mass is 10.0. The third-order valence-corrected chi connectivity index (χ3v) is 5.16. The quantitative estimate of drug-likeness (QED) is 0.874. The van der Waals surface area contributed by atoms with E-state index in [9.17, 15) is 4.79 Å². The fourth-order valence-corrected chi connectivity index (χ4v) is 3.74. The van der Waals surface area contributed by atoms with E-state index in [1.807, 2.05) is 17.9 Å². The molecular weight excluding hydrogens is 318 g/mol. The molecular formula is C18H31N5O2. The number of nitrogens with zero attached hydrogens (tertiary/aromatic N) is 4. The van der Waals surface area contributed by atoms with Gasteiger partial charge in [-0.25, -0.2) is 4.79 Å². The molecule has 1 atom stereocenters. The first-order valence-electron chi connectivity index (χ1n) is 9.50. The first-order valence-corrected chi connectivity index (χ1v) is 9.50. The molecule has 1 N–H and O–H groups in total. The fourth-order valence-electron chi connectivity index (χ4n) is 3.74. The minimum Gasteiger partial charge on any atom is -0.360 e. The van der Waals surface area contributed by atoms with Crippen LogP contribution in [0.4, 0.5) is 4.79 Å². The zero-order chi connectivity index (χ0) is 17.6. The second-order valence-corrected chi connectivity index (χ2v) is 7.48. The summed E-state index contributed by atoms with van der Waals surface area (Å²) in [6.07, 6.45) is 2.61. The Hall–Kier alpha value is -1.60. The zero-order valence-corrected chi connectivity index (χ0v) is 15.5. The van der Waals surface area contributed by atoms with Crippen molar-refractivity contribution in [3.05, 3.63) is 17.5 Å². The summed E-state index contributed by atoms with van der Waals surface area (Å²) >= 11 is 0. The molecule has 0 saturated carbocycles. The minimum absolute atomic E-state index is 0.0696. The molecule has 2 amide bonds. The number of hydrogen-bond donors (Lipinski definition) is 1. The molecule has 140 valence electrons. The lowest BCUT2D eigenvalue weighted by molar-refractivity contribution is 0.126. The molecule has 1 aromatic heterocycles. The van der Waals surface area contributed by atoms with Crippen molar-refractivity contribution in [3.63, 3.8) is 0 Å². The number of piperidine rings is 1. The average molecular weight is 349 g/mol. The van der Waals surface area contributed by atoms with Gasteiger partial charge in [0.15, 0.2) is 5.76 Å². The van der Waals surface area contributed by atoms with Crippen LogP contribution in [-0.4, -0.2) is 78.2 Å². The number of urea groups is 1. The Balaban J connectivity index is 1.32. The highest BCUT2D eigenvalue weighted by atomic mass is 16.5. The van der Waals surface area contributed by atoms with Crippen LogP contribution >= 0.6 is 0 Å². The molecule has 3 heterocycles. The molecule has 7 nitrogen and oxygen atoms in total. The number of aromatic nitrogens is 1. The van der Waals surface area contributed by atoms with Crippen LogP contribution in [0.3, 0.4) is 0 Å². The van der Waals surface area contributed by atoms with Gasteiger partial charge in [0.1, 0.15) is 0 Å². The van der Waals surface area contributed by atoms with Gasteiger partial charge in [-0.05, 0) is 32.2 Å². The summed E-state index contributed by atoms with van der Waals surface area (Å²) in [4.78, 5) is 19.0. The Kier molecular flexibility index (Phi) is 6.31. The van der Waals surface area contributed by atoms with Crippen molar-refractivity contribution in [1.29, 1.82) is 0 Å². The Morgan fingerprint density at radius 1 is 1.28 bits per heavy atom. The average Bonchev–Trinajstić information content (AvgIpc) is 3.00. The van der Waals surface area contributed by atoms with Crippen molar-refractivity contribution in [2.45, 2.75) is 33.2 Å². The van der Waals surface area contributed by atoms with Gasteiger partial charge >= 0.3 is 6.03 Å². The Morgan fingerprint density at radius 2 is 2.08 bits per heavy atom. The van der Waals surface area contributed by atoms with E-state index in [-0.39, 0.29) is 6.03 Å². The number of likely N-dealkylation sites (tertiary alicyclic amines) is 1. The molecule has 2 aliphatic heterocycles. The summed E-state index contributed by atoms with van der Waals surface area (Å²) in [7, 11) is 0. The summed E-state index contributed by atoms with van der Waals surface area (Å²) < 4.78 is 5.27. The van der Waals surface area contributed by atoms with E-state index in [0.29, 0.717) is 0 Å². The number of amides is 2. The normalized spacial score (nSPS) is 23.0. The second-order valence-electron chi connectivity index (χ2n) is 7.48. The van der Waals surface area contributed by atoms with Gasteiger partial charge < -0.3 is 19.6 Å². The molecule has 0 aromatic carbocycles. The Morgan fingerprint density at radius 3 is 2.76 bits per heavy atom. The van der Waals surface area contributed by atoms with Crippen LogP contribution in [0.15, 0.2) is 10.6 Å². The summed E-state index contributed by atoms with van der Waals surface area (Å²) in [6, 6.07) is 2.04. The number of nitrogens with one attached hydrogen (secondary N) is 1. The molecule has 0 radical (unpaired) electrons. The minimum atomic E-state index is 0.0696. The van der Waals surface area contributed by atoms with E-state index in [4.69, 9.17) is 4.52 Å². The first kappa shape index (κ1) is 18.2. The second kappa shape index (κ2) is 8.67. The SMILES string of the molecule is Cc1cc(CN2CCN(C(=O)NCCN3CCC[C@H](C)C3)CC2)on1. The standard InChI is InChI=1S/C18H31N5O2/c1-15-4-3-6-21(13-15)7-5-19-18(24)23-10-8-22(9-11-23)14-17-12-16(2)20-25-17/h12,15H,3-11,13-14H2,1-2H3,(H,19,24)/t15-/m0/s1. The van der Waals surface area contributed by atoms with E-state index in [0.717, 1.165) is 69.7 Å². The fraction of sp³-hybridized carbons (Fsp3) is 0.778. The zero-order valence-electron chi connectivity index (χ0n) is 15.5. The van der Waals surface area contributed by atoms with Gasteiger partial charge in [0.05, 0.1) is 12.2 Å². The number of rotatable bonds is 5. The van der Waals surface area contributed by atoms with Crippen LogP contribution in [0.1, 0.15) is 31.2 Å². The molecule has 7 heteroatoms. The lowest BCUT2D eigenvalue weighted by Gasteiger charge is -2.34. The highest BCUT2D eigenvalue weighted by molar-refractivity contribution is 5.74. The van der Waals surface area contributed by atoms with Crippen LogP contribution in [0.2, 0.25) is 0 Å². The molecule has 3 rings (SSSR count). The van der Waals surface area contributed by atoms with E-state index in [2.05, 4.69) is 27.2 Å². The summed E-state index contributed by atoms with van der Waals surface area (Å²) in [5.74, 6) is 1.68. The largest absolute Gasteiger partial charge is 0.360 e. The van der Waals surface area contributed by atoms with Crippen molar-refractivity contribution < 1.29 is 9.32 Å². The van der Waals surface area contributed by atoms with Crippen molar-refractivity contribution >= 4 is 6.03 Å². The number of piperazine rings is 1. The molecule has 2 fully saturated rings. The van der Waals surface area contributed by atoms with Crippen molar-refractivity contribution in [3.8, 4) is 0 Å². The highest BCUT2D eigenvalue weighted by Crippen LogP contribution is 2.14. The van der Waals surface area contributed by atoms with Gasteiger partial charge in [-0.15, -0.1) is 0 Å². The van der Waals surface area contributed by atoms with Gasteiger partial charge in [0.25, 0.3) is 0 Å². The van der Waals surface area contributed by atoms with Crippen LogP contribution in [0.5, 0.6) is 0 Å². The molecule has 0 unspecified atom stereocenters. The molecule has 1 aromatic rings. The number of carbonyl (C=O) groups excluding carboxylic acids is 1. The summed E-state index contributed by atoms with van der Waals surface area (Å²) in [5, 5.41) is 7.00. The monoisotopic (exact) mass is 349 g/mol. The van der Waals surface area contributed by atoms with E-state index in [1.54, 1.807) is 0 Å². The summed E-state index contributed by atoms with van der Waals surface area (Å²) in [6.45, 7) is 12.3. The van der Waals surface area contributed by atoms with Crippen LogP contribution < -0.4 is 5.32 Å². The number of hydrogen-bond acceptors (Lipinski definition) is 5. The smallest absolute Gasteiger partial charge is 0.317 e. The van der Waals surface area contributed by atoms with Crippen LogP contribution in [0, 0.1) is 12.8 Å². The number of carbonyl (C=O) groups is 1. The Bertz CT molecular complexity index is 553. The molecule has 0 bridgehead atoms. The third-order valence-electron chi connectivity index (χ3n) is 5.16.